The molecule has 0 spiro atoms. The Hall–Kier alpha value is -1.81. The van der Waals surface area contributed by atoms with Crippen molar-refractivity contribution in [2.75, 3.05) is 12.4 Å². The molecule has 0 saturated carbocycles. The van der Waals surface area contributed by atoms with E-state index in [-0.39, 0.29) is 12.5 Å². The van der Waals surface area contributed by atoms with Crippen molar-refractivity contribution in [3.63, 3.8) is 0 Å². The molecule has 0 unspecified atom stereocenters. The van der Waals surface area contributed by atoms with E-state index >= 15 is 0 Å². The van der Waals surface area contributed by atoms with Crippen molar-refractivity contribution in [3.8, 4) is 0 Å². The van der Waals surface area contributed by atoms with Crippen LogP contribution in [0.2, 0.25) is 5.02 Å². The van der Waals surface area contributed by atoms with Gasteiger partial charge in [0.25, 0.3) is 0 Å². The first-order valence-electron chi connectivity index (χ1n) is 5.43. The second kappa shape index (κ2) is 6.81. The Morgan fingerprint density at radius 1 is 1.50 bits per heavy atom. The summed E-state index contributed by atoms with van der Waals surface area (Å²) < 4.78 is 5.30. The molecule has 0 saturated heterocycles. The summed E-state index contributed by atoms with van der Waals surface area (Å²) in [5, 5.41) is 18.2. The van der Waals surface area contributed by atoms with Gasteiger partial charge in [-0.3, -0.25) is 5.41 Å². The summed E-state index contributed by atoms with van der Waals surface area (Å²) in [5.74, 6) is 0.0120. The van der Waals surface area contributed by atoms with E-state index in [1.54, 1.807) is 20.0 Å². The molecule has 4 nitrogen and oxygen atoms in total. The van der Waals surface area contributed by atoms with Crippen LogP contribution in [-0.2, 0) is 11.3 Å². The molecule has 0 amide bonds. The number of nitrogens with one attached hydrogen (secondary N) is 3. The highest BCUT2D eigenvalue weighted by Crippen LogP contribution is 2.24. The van der Waals surface area contributed by atoms with Crippen LogP contribution in [0.1, 0.15) is 12.5 Å². The molecule has 96 valence electrons. The van der Waals surface area contributed by atoms with E-state index < -0.39 is 0 Å². The van der Waals surface area contributed by atoms with Crippen molar-refractivity contribution >= 4 is 29.4 Å². The van der Waals surface area contributed by atoms with Gasteiger partial charge in [0.15, 0.2) is 0 Å². The maximum absolute atomic E-state index is 7.60. The third kappa shape index (κ3) is 3.89. The standard InChI is InChI=1S/C13H16ClN3O/c1-9(7-15)6-13(16)18-8-10-11(14)4-3-5-12(10)17-2/h3-7,15-17H,8H2,1-2H3/b9-6-,15-7?,16-13?. The van der Waals surface area contributed by atoms with Crippen LogP contribution in [0.15, 0.2) is 29.8 Å². The lowest BCUT2D eigenvalue weighted by Gasteiger charge is -2.11. The average molecular weight is 266 g/mol. The molecular weight excluding hydrogens is 250 g/mol. The highest BCUT2D eigenvalue weighted by molar-refractivity contribution is 6.31. The van der Waals surface area contributed by atoms with E-state index in [1.807, 2.05) is 12.1 Å². The molecule has 1 aromatic carbocycles. The predicted octanol–water partition coefficient (Wildman–Crippen LogP) is 3.47. The third-order valence-electron chi connectivity index (χ3n) is 2.35. The highest BCUT2D eigenvalue weighted by Gasteiger charge is 2.07. The van der Waals surface area contributed by atoms with Crippen LogP contribution in [0.3, 0.4) is 0 Å². The van der Waals surface area contributed by atoms with Gasteiger partial charge in [-0.1, -0.05) is 17.7 Å². The van der Waals surface area contributed by atoms with Crippen LogP contribution >= 0.6 is 11.6 Å². The first-order valence-corrected chi connectivity index (χ1v) is 5.81. The maximum Gasteiger partial charge on any atom is 0.206 e. The summed E-state index contributed by atoms with van der Waals surface area (Å²) >= 11 is 6.08. The van der Waals surface area contributed by atoms with Gasteiger partial charge in [-0.15, -0.1) is 0 Å². The molecule has 0 bridgehead atoms. The number of halogens is 1. The largest absolute Gasteiger partial charge is 0.473 e. The first-order chi connectivity index (χ1) is 8.58. The van der Waals surface area contributed by atoms with Crippen LogP contribution in [0.5, 0.6) is 0 Å². The number of ether oxygens (including phenoxy) is 1. The number of hydrogen-bond acceptors (Lipinski definition) is 4. The van der Waals surface area contributed by atoms with E-state index in [4.69, 9.17) is 27.2 Å². The number of rotatable bonds is 5. The second-order valence-electron chi connectivity index (χ2n) is 3.70. The normalized spacial score (nSPS) is 10.9. The van der Waals surface area contributed by atoms with Crippen molar-refractivity contribution in [2.45, 2.75) is 13.5 Å². The van der Waals surface area contributed by atoms with Gasteiger partial charge in [-0.05, 0) is 24.6 Å². The fourth-order valence-electron chi connectivity index (χ4n) is 1.38. The lowest BCUT2D eigenvalue weighted by molar-refractivity contribution is 0.293. The minimum atomic E-state index is 0.0120. The molecule has 0 aliphatic heterocycles. The molecule has 0 aliphatic rings. The van der Waals surface area contributed by atoms with Gasteiger partial charge < -0.3 is 15.5 Å². The van der Waals surface area contributed by atoms with Gasteiger partial charge in [0, 0.05) is 35.6 Å². The molecule has 5 heteroatoms. The Kier molecular flexibility index (Phi) is 5.39. The van der Waals surface area contributed by atoms with Crippen molar-refractivity contribution in [2.24, 2.45) is 0 Å². The van der Waals surface area contributed by atoms with Crippen molar-refractivity contribution < 1.29 is 4.74 Å². The second-order valence-corrected chi connectivity index (χ2v) is 4.11. The Balaban J connectivity index is 2.75. The molecular formula is C13H16ClN3O. The molecule has 0 aromatic heterocycles. The van der Waals surface area contributed by atoms with E-state index in [0.717, 1.165) is 11.3 Å². The molecule has 0 radical (unpaired) electrons. The van der Waals surface area contributed by atoms with E-state index in [2.05, 4.69) is 5.32 Å². The van der Waals surface area contributed by atoms with E-state index in [0.29, 0.717) is 10.6 Å². The quantitative estimate of drug-likeness (QED) is 0.564. The zero-order chi connectivity index (χ0) is 13.5. The third-order valence-corrected chi connectivity index (χ3v) is 2.70. The zero-order valence-corrected chi connectivity index (χ0v) is 11.1. The lowest BCUT2D eigenvalue weighted by atomic mass is 10.2. The summed E-state index contributed by atoms with van der Waals surface area (Å²) in [6.07, 6.45) is 2.66. The Labute approximate surface area is 112 Å². The predicted molar refractivity (Wildman–Crippen MR) is 76.1 cm³/mol. The minimum absolute atomic E-state index is 0.0120. The lowest BCUT2D eigenvalue weighted by Crippen LogP contribution is -2.04. The Morgan fingerprint density at radius 3 is 2.83 bits per heavy atom. The minimum Gasteiger partial charge on any atom is -0.473 e. The van der Waals surface area contributed by atoms with E-state index in [9.17, 15) is 0 Å². The molecule has 18 heavy (non-hydrogen) atoms. The molecule has 0 heterocycles. The monoisotopic (exact) mass is 265 g/mol. The van der Waals surface area contributed by atoms with Gasteiger partial charge in [-0.2, -0.15) is 0 Å². The summed E-state index contributed by atoms with van der Waals surface area (Å²) in [7, 11) is 1.81. The Morgan fingerprint density at radius 2 is 2.22 bits per heavy atom. The van der Waals surface area contributed by atoms with Gasteiger partial charge in [0.05, 0.1) is 0 Å². The summed E-state index contributed by atoms with van der Waals surface area (Å²) in [5.41, 5.74) is 2.35. The summed E-state index contributed by atoms with van der Waals surface area (Å²) in [6.45, 7) is 1.95. The van der Waals surface area contributed by atoms with Crippen LogP contribution < -0.4 is 5.32 Å². The van der Waals surface area contributed by atoms with Gasteiger partial charge in [0.2, 0.25) is 5.90 Å². The number of allylic oxidation sites excluding steroid dienone is 1. The molecule has 0 aliphatic carbocycles. The van der Waals surface area contributed by atoms with Crippen molar-refractivity contribution in [1.29, 1.82) is 10.8 Å². The molecule has 0 fully saturated rings. The van der Waals surface area contributed by atoms with Crippen LogP contribution in [0.25, 0.3) is 0 Å². The van der Waals surface area contributed by atoms with Crippen LogP contribution in [0.4, 0.5) is 5.69 Å². The summed E-state index contributed by atoms with van der Waals surface area (Å²) in [6, 6.07) is 5.53. The molecule has 1 aromatic rings. The molecule has 3 N–H and O–H groups in total. The number of hydrogen-bond donors (Lipinski definition) is 3. The number of anilines is 1. The highest BCUT2D eigenvalue weighted by atomic mass is 35.5. The SMILES string of the molecule is CNc1cccc(Cl)c1COC(=N)/C=C(/C)C=N. The molecule has 0 atom stereocenters. The zero-order valence-electron chi connectivity index (χ0n) is 10.4. The smallest absolute Gasteiger partial charge is 0.206 e. The van der Waals surface area contributed by atoms with Gasteiger partial charge in [0.1, 0.15) is 6.61 Å². The summed E-state index contributed by atoms with van der Waals surface area (Å²) in [4.78, 5) is 0. The van der Waals surface area contributed by atoms with Gasteiger partial charge >= 0.3 is 0 Å². The number of benzene rings is 1. The van der Waals surface area contributed by atoms with E-state index in [1.165, 1.54) is 12.3 Å². The molecule has 1 rings (SSSR count). The van der Waals surface area contributed by atoms with Crippen LogP contribution in [-0.4, -0.2) is 19.2 Å². The fourth-order valence-corrected chi connectivity index (χ4v) is 1.61. The van der Waals surface area contributed by atoms with Crippen molar-refractivity contribution in [1.82, 2.24) is 0 Å². The fraction of sp³-hybridized carbons (Fsp3) is 0.231. The van der Waals surface area contributed by atoms with Gasteiger partial charge in [-0.25, -0.2) is 0 Å². The maximum atomic E-state index is 7.60. The Bertz CT molecular complexity index is 483. The van der Waals surface area contributed by atoms with Crippen LogP contribution in [0, 0.1) is 10.8 Å². The first kappa shape index (κ1) is 14.3. The van der Waals surface area contributed by atoms with Crippen molar-refractivity contribution in [3.05, 3.63) is 40.4 Å². The topological polar surface area (TPSA) is 69.0 Å². The average Bonchev–Trinajstić information content (AvgIpc) is 2.36.